The van der Waals surface area contributed by atoms with E-state index in [4.69, 9.17) is 64.3 Å². The van der Waals surface area contributed by atoms with Gasteiger partial charge in [-0.15, -0.1) is 0 Å². The quantitative estimate of drug-likeness (QED) is 0.115. The van der Waals surface area contributed by atoms with Gasteiger partial charge in [-0.3, -0.25) is 10.9 Å². The van der Waals surface area contributed by atoms with E-state index in [1.807, 2.05) is 0 Å². The van der Waals surface area contributed by atoms with Crippen molar-refractivity contribution in [3.63, 3.8) is 0 Å². The largest absolute Gasteiger partial charge is 0.493 e. The van der Waals surface area contributed by atoms with E-state index in [-0.39, 0.29) is 23.4 Å². The maximum Gasteiger partial charge on any atom is 0.203 e. The third-order valence-corrected chi connectivity index (χ3v) is 4.74. The van der Waals surface area contributed by atoms with E-state index in [0.717, 1.165) is 0 Å². The Kier molecular flexibility index (Phi) is 12.4. The van der Waals surface area contributed by atoms with Crippen LogP contribution in [0.5, 0.6) is 34.5 Å². The Labute approximate surface area is 231 Å². The van der Waals surface area contributed by atoms with Crippen LogP contribution in [-0.4, -0.2) is 64.3 Å². The van der Waals surface area contributed by atoms with Gasteiger partial charge in [0, 0.05) is 11.1 Å². The number of methoxy groups -OCH3 is 4. The fourth-order valence-corrected chi connectivity index (χ4v) is 3.08. The molecule has 2 aromatic carbocycles. The van der Waals surface area contributed by atoms with Crippen LogP contribution < -0.4 is 50.7 Å². The normalized spacial score (nSPS) is 10.9. The maximum atomic E-state index is 5.88. The van der Waals surface area contributed by atoms with Crippen molar-refractivity contribution in [2.24, 2.45) is 21.7 Å². The molecule has 2 aromatic rings. The van der Waals surface area contributed by atoms with Crippen molar-refractivity contribution < 1.29 is 28.4 Å². The van der Waals surface area contributed by atoms with Gasteiger partial charge >= 0.3 is 0 Å². The van der Waals surface area contributed by atoms with Crippen LogP contribution in [0, 0.1) is 0 Å². The number of thiocarbonyl (C=S) groups is 2. The number of hydrogen-bond donors (Lipinski definition) is 4. The zero-order valence-corrected chi connectivity index (χ0v) is 23.0. The van der Waals surface area contributed by atoms with Crippen molar-refractivity contribution in [2.45, 2.75) is 0 Å². The standard InChI is InChI=1S/C24H30N6O6S2/c1-31-17-9-15(13-27-29-23(25)37)10-18(32-2)21(17)35-7-5-6-8-36-22-19(33-3)11-16(12-20(22)34-4)14-28-30-24(26)38/h5-6,9-14H,7-8H2,1-4H3,(H3,25,29,37)(H3,26,30,38)/b6-5+,27-13+,28-14+. The summed E-state index contributed by atoms with van der Waals surface area (Å²) in [5.41, 5.74) is 17.1. The second-order valence-electron chi connectivity index (χ2n) is 7.07. The summed E-state index contributed by atoms with van der Waals surface area (Å²) in [6, 6.07) is 6.96. The minimum absolute atomic E-state index is 0.0562. The van der Waals surface area contributed by atoms with Gasteiger partial charge in [0.15, 0.2) is 33.2 Å². The molecule has 2 rings (SSSR count). The molecule has 6 N–H and O–H groups in total. The Hall–Kier alpha value is -4.30. The van der Waals surface area contributed by atoms with Crippen LogP contribution in [0.15, 0.2) is 46.6 Å². The lowest BCUT2D eigenvalue weighted by Gasteiger charge is -2.15. The minimum Gasteiger partial charge on any atom is -0.493 e. The highest BCUT2D eigenvalue weighted by Gasteiger charge is 2.15. The smallest absolute Gasteiger partial charge is 0.203 e. The number of hydrogen-bond acceptors (Lipinski definition) is 10. The lowest BCUT2D eigenvalue weighted by atomic mass is 10.2. The van der Waals surface area contributed by atoms with Gasteiger partial charge in [-0.2, -0.15) is 10.2 Å². The van der Waals surface area contributed by atoms with Crippen LogP contribution in [-0.2, 0) is 0 Å². The average Bonchev–Trinajstić information content (AvgIpc) is 2.90. The van der Waals surface area contributed by atoms with E-state index in [2.05, 4.69) is 21.1 Å². The van der Waals surface area contributed by atoms with E-state index in [1.165, 1.54) is 40.9 Å². The molecule has 0 bridgehead atoms. The van der Waals surface area contributed by atoms with Gasteiger partial charge in [0.05, 0.1) is 40.9 Å². The molecule has 38 heavy (non-hydrogen) atoms. The number of nitrogens with two attached hydrogens (primary N) is 2. The summed E-state index contributed by atoms with van der Waals surface area (Å²) < 4.78 is 33.6. The molecular weight excluding hydrogens is 532 g/mol. The highest BCUT2D eigenvalue weighted by Crippen LogP contribution is 2.39. The number of benzene rings is 2. The third kappa shape index (κ3) is 9.29. The van der Waals surface area contributed by atoms with Crippen molar-refractivity contribution in [2.75, 3.05) is 41.7 Å². The highest BCUT2D eigenvalue weighted by molar-refractivity contribution is 7.80. The Morgan fingerprint density at radius 1 is 0.684 bits per heavy atom. The van der Waals surface area contributed by atoms with Gasteiger partial charge < -0.3 is 39.9 Å². The Bertz CT molecular complexity index is 1060. The summed E-state index contributed by atoms with van der Waals surface area (Å²) in [4.78, 5) is 0. The van der Waals surface area contributed by atoms with Gasteiger partial charge in [-0.1, -0.05) is 0 Å². The number of ether oxygens (including phenoxy) is 6. The van der Waals surface area contributed by atoms with Gasteiger partial charge in [0.25, 0.3) is 0 Å². The summed E-state index contributed by atoms with van der Waals surface area (Å²) in [6.07, 6.45) is 6.64. The Balaban J connectivity index is 2.05. The summed E-state index contributed by atoms with van der Waals surface area (Å²) in [6.45, 7) is 0.457. The van der Waals surface area contributed by atoms with Crippen molar-refractivity contribution in [3.05, 3.63) is 47.5 Å². The number of nitrogens with one attached hydrogen (secondary N) is 2. The van der Waals surface area contributed by atoms with E-state index in [9.17, 15) is 0 Å². The number of rotatable bonds is 14. The lowest BCUT2D eigenvalue weighted by Crippen LogP contribution is -2.24. The van der Waals surface area contributed by atoms with Gasteiger partial charge in [-0.05, 0) is 60.9 Å². The first-order valence-electron chi connectivity index (χ1n) is 10.9. The lowest BCUT2D eigenvalue weighted by molar-refractivity contribution is 0.294. The molecule has 0 saturated carbocycles. The summed E-state index contributed by atoms with van der Waals surface area (Å²) >= 11 is 9.46. The molecule has 0 aromatic heterocycles. The van der Waals surface area contributed by atoms with Gasteiger partial charge in [0.1, 0.15) is 13.2 Å². The average molecular weight is 563 g/mol. The van der Waals surface area contributed by atoms with Crippen LogP contribution >= 0.6 is 24.4 Å². The predicted octanol–water partition coefficient (Wildman–Crippen LogP) is 2.07. The van der Waals surface area contributed by atoms with Gasteiger partial charge in [-0.25, -0.2) is 0 Å². The SMILES string of the molecule is COc1cc(/C=N/NC(N)=S)cc(OC)c1OC/C=C/COc1c(OC)cc(/C=N/NC(N)=S)cc1OC. The minimum atomic E-state index is 0.0562. The molecule has 0 aliphatic carbocycles. The van der Waals surface area contributed by atoms with Crippen LogP contribution in [0.2, 0.25) is 0 Å². The molecule has 0 aliphatic rings. The molecule has 12 nitrogen and oxygen atoms in total. The van der Waals surface area contributed by atoms with E-state index in [0.29, 0.717) is 45.6 Å². The molecule has 14 heteroatoms. The fraction of sp³-hybridized carbons (Fsp3) is 0.250. The van der Waals surface area contributed by atoms with Crippen molar-refractivity contribution in [3.8, 4) is 34.5 Å². The second-order valence-corrected chi connectivity index (χ2v) is 7.95. The Morgan fingerprint density at radius 3 is 1.26 bits per heavy atom. The molecule has 0 heterocycles. The molecule has 0 radical (unpaired) electrons. The van der Waals surface area contributed by atoms with Crippen LogP contribution in [0.25, 0.3) is 0 Å². The first-order chi connectivity index (χ1) is 18.3. The molecule has 0 aliphatic heterocycles. The molecular formula is C24H30N6O6S2. The molecule has 0 saturated heterocycles. The number of hydrazone groups is 2. The van der Waals surface area contributed by atoms with Gasteiger partial charge in [0.2, 0.25) is 11.5 Å². The fourth-order valence-electron chi connectivity index (χ4n) is 2.97. The molecule has 0 fully saturated rings. The monoisotopic (exact) mass is 562 g/mol. The summed E-state index contributed by atoms with van der Waals surface area (Å²) in [5.74, 6) is 2.73. The van der Waals surface area contributed by atoms with Crippen molar-refractivity contribution >= 4 is 47.1 Å². The summed E-state index contributed by atoms with van der Waals surface area (Å²) in [7, 11) is 6.11. The molecule has 0 amide bonds. The zero-order valence-electron chi connectivity index (χ0n) is 21.3. The van der Waals surface area contributed by atoms with Crippen LogP contribution in [0.1, 0.15) is 11.1 Å². The number of nitrogens with zero attached hydrogens (tertiary/aromatic N) is 2. The van der Waals surface area contributed by atoms with Crippen LogP contribution in [0.3, 0.4) is 0 Å². The summed E-state index contributed by atoms with van der Waals surface area (Å²) in [5, 5.41) is 7.99. The molecule has 204 valence electrons. The molecule has 0 unspecified atom stereocenters. The maximum absolute atomic E-state index is 5.88. The van der Waals surface area contributed by atoms with E-state index >= 15 is 0 Å². The Morgan fingerprint density at radius 2 is 1.00 bits per heavy atom. The first-order valence-corrected chi connectivity index (χ1v) is 11.7. The topological polar surface area (TPSA) is 156 Å². The highest BCUT2D eigenvalue weighted by atomic mass is 32.1. The zero-order chi connectivity index (χ0) is 27.9. The second kappa shape index (κ2) is 15.7. The third-order valence-electron chi connectivity index (χ3n) is 4.56. The predicted molar refractivity (Wildman–Crippen MR) is 154 cm³/mol. The molecule has 0 spiro atoms. The van der Waals surface area contributed by atoms with Crippen molar-refractivity contribution in [1.29, 1.82) is 0 Å². The molecule has 0 atom stereocenters. The van der Waals surface area contributed by atoms with Crippen molar-refractivity contribution in [1.82, 2.24) is 10.9 Å². The van der Waals surface area contributed by atoms with E-state index < -0.39 is 0 Å². The van der Waals surface area contributed by atoms with E-state index in [1.54, 1.807) is 36.4 Å². The first kappa shape index (κ1) is 29.9. The van der Waals surface area contributed by atoms with Crippen LogP contribution in [0.4, 0.5) is 0 Å².